The first kappa shape index (κ1) is 20.4. The van der Waals surface area contributed by atoms with E-state index in [0.717, 1.165) is 12.1 Å². The average molecular weight is 504 g/mol. The molecule has 1 aliphatic heterocycles. The monoisotopic (exact) mass is 504 g/mol. The minimum atomic E-state index is -4.52. The summed E-state index contributed by atoms with van der Waals surface area (Å²) in [5.74, 6) is 0.361. The fourth-order valence-electron chi connectivity index (χ4n) is 2.88. The highest BCUT2D eigenvalue weighted by atomic mass is 127. The lowest BCUT2D eigenvalue weighted by Gasteiger charge is -2.26. The summed E-state index contributed by atoms with van der Waals surface area (Å²) in [6.07, 6.45) is -2.99. The zero-order valence-corrected chi connectivity index (χ0v) is 17.1. The number of aliphatic imine (C=N–C) groups is 1. The number of hydrogen-bond donors (Lipinski definition) is 0. The first-order chi connectivity index (χ1) is 13.3. The van der Waals surface area contributed by atoms with E-state index < -0.39 is 23.7 Å². The largest absolute Gasteiger partial charge is 0.493 e. The van der Waals surface area contributed by atoms with Gasteiger partial charge < -0.3 is 9.47 Å². The molecule has 0 aromatic heterocycles. The lowest BCUT2D eigenvalue weighted by atomic mass is 10.1. The van der Waals surface area contributed by atoms with Crippen molar-refractivity contribution in [3.8, 4) is 11.5 Å². The van der Waals surface area contributed by atoms with Crippen LogP contribution in [-0.2, 0) is 11.0 Å². The van der Waals surface area contributed by atoms with Gasteiger partial charge >= 0.3 is 6.18 Å². The molecule has 148 valence electrons. The molecule has 0 saturated heterocycles. The van der Waals surface area contributed by atoms with Gasteiger partial charge in [-0.2, -0.15) is 13.2 Å². The molecule has 1 heterocycles. The standard InChI is InChI=1S/C19H16F3IN2O3/c1-27-16-6-11-10-24-14(9-23)18(26)25(15(11)8-17(16)28-2)13-5-3-4-12(7-13)19(20,21)22/h3-8,10,14H,9H2,1-2H3. The summed E-state index contributed by atoms with van der Waals surface area (Å²) >= 11 is 2.02. The second kappa shape index (κ2) is 7.98. The van der Waals surface area contributed by atoms with Crippen molar-refractivity contribution < 1.29 is 27.4 Å². The van der Waals surface area contributed by atoms with Crippen LogP contribution >= 0.6 is 22.6 Å². The van der Waals surface area contributed by atoms with Crippen molar-refractivity contribution in [3.63, 3.8) is 0 Å². The molecule has 2 aromatic carbocycles. The van der Waals surface area contributed by atoms with Crippen molar-refractivity contribution >= 4 is 46.1 Å². The van der Waals surface area contributed by atoms with Gasteiger partial charge in [-0.05, 0) is 24.3 Å². The summed E-state index contributed by atoms with van der Waals surface area (Å²) in [7, 11) is 2.92. The third kappa shape index (κ3) is 3.80. The SMILES string of the molecule is COc1cc2c(cc1OC)N(c1cccc(C(F)(F)F)c1)C(=O)C(CI)N=C2. The Morgan fingerprint density at radius 1 is 1.14 bits per heavy atom. The lowest BCUT2D eigenvalue weighted by Crippen LogP contribution is -2.35. The molecule has 0 aliphatic carbocycles. The highest BCUT2D eigenvalue weighted by molar-refractivity contribution is 14.1. The highest BCUT2D eigenvalue weighted by Crippen LogP contribution is 2.40. The molecule has 28 heavy (non-hydrogen) atoms. The van der Waals surface area contributed by atoms with Crippen molar-refractivity contribution in [2.45, 2.75) is 12.2 Å². The van der Waals surface area contributed by atoms with Gasteiger partial charge in [0.25, 0.3) is 5.91 Å². The molecule has 1 unspecified atom stereocenters. The maximum atomic E-state index is 13.2. The van der Waals surface area contributed by atoms with E-state index in [1.54, 1.807) is 12.1 Å². The first-order valence-corrected chi connectivity index (χ1v) is 9.69. The van der Waals surface area contributed by atoms with Crippen molar-refractivity contribution in [2.24, 2.45) is 4.99 Å². The molecule has 1 aliphatic rings. The molecular weight excluding hydrogens is 488 g/mol. The number of hydrogen-bond acceptors (Lipinski definition) is 4. The molecule has 0 radical (unpaired) electrons. The molecule has 0 fully saturated rings. The van der Waals surface area contributed by atoms with Crippen LogP contribution in [0.4, 0.5) is 24.5 Å². The van der Waals surface area contributed by atoms with Crippen LogP contribution in [0.3, 0.4) is 0 Å². The van der Waals surface area contributed by atoms with Crippen LogP contribution in [0.25, 0.3) is 0 Å². The molecule has 0 bridgehead atoms. The Balaban J connectivity index is 2.23. The number of ether oxygens (including phenoxy) is 2. The van der Waals surface area contributed by atoms with Crippen molar-refractivity contribution in [1.29, 1.82) is 0 Å². The van der Waals surface area contributed by atoms with Crippen molar-refractivity contribution in [1.82, 2.24) is 0 Å². The summed E-state index contributed by atoms with van der Waals surface area (Å²) in [6.45, 7) is 0. The number of halogens is 4. The number of benzene rings is 2. The summed E-state index contributed by atoms with van der Waals surface area (Å²) in [5, 5.41) is 0. The number of alkyl halides is 4. The van der Waals surface area contributed by atoms with Gasteiger partial charge in [0, 0.05) is 28.0 Å². The Morgan fingerprint density at radius 3 is 2.43 bits per heavy atom. The lowest BCUT2D eigenvalue weighted by molar-refractivity contribution is -0.137. The first-order valence-electron chi connectivity index (χ1n) is 8.16. The van der Waals surface area contributed by atoms with Gasteiger partial charge in [-0.15, -0.1) is 0 Å². The van der Waals surface area contributed by atoms with Gasteiger partial charge in [-0.3, -0.25) is 14.7 Å². The molecule has 5 nitrogen and oxygen atoms in total. The van der Waals surface area contributed by atoms with Gasteiger partial charge in [0.05, 0.1) is 25.5 Å². The van der Waals surface area contributed by atoms with Crippen LogP contribution in [0.15, 0.2) is 41.4 Å². The number of carbonyl (C=O) groups is 1. The van der Waals surface area contributed by atoms with E-state index in [4.69, 9.17) is 9.47 Å². The Hall–Kier alpha value is -2.30. The van der Waals surface area contributed by atoms with E-state index in [2.05, 4.69) is 4.99 Å². The second-order valence-corrected chi connectivity index (χ2v) is 6.82. The second-order valence-electron chi connectivity index (χ2n) is 5.94. The van der Waals surface area contributed by atoms with Gasteiger partial charge in [-0.1, -0.05) is 28.7 Å². The van der Waals surface area contributed by atoms with E-state index >= 15 is 0 Å². The summed E-state index contributed by atoms with van der Waals surface area (Å²) in [6, 6.07) is 7.13. The van der Waals surface area contributed by atoms with Crippen LogP contribution < -0.4 is 14.4 Å². The molecular formula is C19H16F3IN2O3. The number of fused-ring (bicyclic) bond motifs is 1. The Morgan fingerprint density at radius 2 is 1.82 bits per heavy atom. The van der Waals surface area contributed by atoms with Crippen LogP contribution in [0.5, 0.6) is 11.5 Å². The minimum absolute atomic E-state index is 0.105. The normalized spacial score (nSPS) is 16.6. The highest BCUT2D eigenvalue weighted by Gasteiger charge is 2.34. The van der Waals surface area contributed by atoms with Crippen LogP contribution in [0, 0.1) is 0 Å². The number of amides is 1. The topological polar surface area (TPSA) is 51.1 Å². The zero-order valence-electron chi connectivity index (χ0n) is 15.0. The van der Waals surface area contributed by atoms with E-state index in [-0.39, 0.29) is 5.69 Å². The molecule has 0 saturated carbocycles. The van der Waals surface area contributed by atoms with Crippen molar-refractivity contribution in [3.05, 3.63) is 47.5 Å². The van der Waals surface area contributed by atoms with Crippen LogP contribution in [-0.4, -0.2) is 36.8 Å². The molecule has 0 spiro atoms. The van der Waals surface area contributed by atoms with Crippen molar-refractivity contribution in [2.75, 3.05) is 23.5 Å². The Bertz CT molecular complexity index is 931. The average Bonchev–Trinajstić information content (AvgIpc) is 2.81. The Kier molecular flexibility index (Phi) is 5.82. The summed E-state index contributed by atoms with van der Waals surface area (Å²) in [5.41, 5.74) is 0.179. The number of benzodiazepines with no additional fused rings is 1. The molecule has 3 rings (SSSR count). The molecule has 1 atom stereocenters. The number of rotatable bonds is 4. The van der Waals surface area contributed by atoms with Gasteiger partial charge in [0.1, 0.15) is 6.04 Å². The molecule has 9 heteroatoms. The minimum Gasteiger partial charge on any atom is -0.493 e. The van der Waals surface area contributed by atoms with Crippen LogP contribution in [0.2, 0.25) is 0 Å². The van der Waals surface area contributed by atoms with Gasteiger partial charge in [-0.25, -0.2) is 0 Å². The van der Waals surface area contributed by atoms with E-state index in [1.807, 2.05) is 22.6 Å². The smallest absolute Gasteiger partial charge is 0.416 e. The van der Waals surface area contributed by atoms with E-state index in [9.17, 15) is 18.0 Å². The van der Waals surface area contributed by atoms with Crippen LogP contribution in [0.1, 0.15) is 11.1 Å². The number of anilines is 2. The zero-order chi connectivity index (χ0) is 20.5. The predicted octanol–water partition coefficient (Wildman–Crippen LogP) is 4.62. The fourth-order valence-corrected chi connectivity index (χ4v) is 3.48. The molecule has 0 N–H and O–H groups in total. The Labute approximate surface area is 173 Å². The number of methoxy groups -OCH3 is 2. The van der Waals surface area contributed by atoms with Gasteiger partial charge in [0.15, 0.2) is 11.5 Å². The molecule has 1 amide bonds. The van der Waals surface area contributed by atoms with E-state index in [0.29, 0.717) is 27.2 Å². The maximum absolute atomic E-state index is 13.2. The number of nitrogens with zero attached hydrogens (tertiary/aromatic N) is 2. The number of carbonyl (C=O) groups excluding carboxylic acids is 1. The fraction of sp³-hybridized carbons (Fsp3) is 0.263. The van der Waals surface area contributed by atoms with Gasteiger partial charge in [0.2, 0.25) is 0 Å². The maximum Gasteiger partial charge on any atom is 0.416 e. The summed E-state index contributed by atoms with van der Waals surface area (Å²) < 4.78 is 50.6. The summed E-state index contributed by atoms with van der Waals surface area (Å²) in [4.78, 5) is 18.7. The molecule has 2 aromatic rings. The van der Waals surface area contributed by atoms with E-state index in [1.165, 1.54) is 37.5 Å². The third-order valence-corrected chi connectivity index (χ3v) is 5.08. The predicted molar refractivity (Wildman–Crippen MR) is 108 cm³/mol. The third-order valence-electron chi connectivity index (χ3n) is 4.25. The quantitative estimate of drug-likeness (QED) is 0.451.